The standard InChI is InChI=1S/C34H35NO4/c1-18(36)39-22-12-10-21(11-13-22)35-31(37)29-27-24-15-9-20(34(5,6)7)17-26(24)28(30(29)32(35)38)23-14-8-19(16-25(23)27)33(2,3)4/h8-17,27-30H,1-7H3/t27-,28-,29-,30-/m0/s1. The minimum Gasteiger partial charge on any atom is -0.427 e. The Balaban J connectivity index is 1.51. The van der Waals surface area contributed by atoms with Crippen LogP contribution in [0.15, 0.2) is 60.7 Å². The summed E-state index contributed by atoms with van der Waals surface area (Å²) in [4.78, 5) is 41.0. The van der Waals surface area contributed by atoms with Gasteiger partial charge < -0.3 is 4.74 Å². The molecule has 3 aromatic rings. The van der Waals surface area contributed by atoms with E-state index in [1.807, 2.05) is 0 Å². The van der Waals surface area contributed by atoms with E-state index in [1.165, 1.54) is 45.2 Å². The van der Waals surface area contributed by atoms with E-state index < -0.39 is 17.8 Å². The Bertz CT molecular complexity index is 1450. The zero-order valence-corrected chi connectivity index (χ0v) is 23.7. The summed E-state index contributed by atoms with van der Waals surface area (Å²) < 4.78 is 5.16. The number of amides is 2. The highest BCUT2D eigenvalue weighted by Crippen LogP contribution is 2.62. The highest BCUT2D eigenvalue weighted by molar-refractivity contribution is 6.23. The van der Waals surface area contributed by atoms with Gasteiger partial charge in [-0.15, -0.1) is 0 Å². The van der Waals surface area contributed by atoms with Gasteiger partial charge in [-0.25, -0.2) is 4.90 Å². The molecular weight excluding hydrogens is 486 g/mol. The molecule has 1 heterocycles. The molecule has 4 atom stereocenters. The molecular formula is C34H35NO4. The first-order valence-corrected chi connectivity index (χ1v) is 13.7. The van der Waals surface area contributed by atoms with Crippen LogP contribution in [-0.4, -0.2) is 17.8 Å². The Morgan fingerprint density at radius 3 is 1.49 bits per heavy atom. The minimum atomic E-state index is -0.452. The van der Waals surface area contributed by atoms with Crippen LogP contribution in [0, 0.1) is 11.8 Å². The Kier molecular flexibility index (Phi) is 5.49. The number of esters is 1. The molecule has 4 aliphatic rings. The van der Waals surface area contributed by atoms with Crippen molar-refractivity contribution >= 4 is 23.5 Å². The highest BCUT2D eigenvalue weighted by Gasteiger charge is 2.62. The molecule has 2 amide bonds. The first kappa shape index (κ1) is 25.5. The number of hydrogen-bond acceptors (Lipinski definition) is 4. The second-order valence-electron chi connectivity index (χ2n) is 13.3. The predicted molar refractivity (Wildman–Crippen MR) is 151 cm³/mol. The fourth-order valence-electron chi connectivity index (χ4n) is 6.79. The SMILES string of the molecule is CC(=O)Oc1ccc(N2C(=O)[C@H]3[C@H]4c5ccc(C(C)(C)C)cc5[C@H](c5ccc(C(C)(C)C)cc54)[C@@H]3C2=O)cc1. The number of anilines is 1. The van der Waals surface area contributed by atoms with Crippen LogP contribution in [0.2, 0.25) is 0 Å². The van der Waals surface area contributed by atoms with Gasteiger partial charge in [0.15, 0.2) is 0 Å². The van der Waals surface area contributed by atoms with E-state index in [-0.39, 0.29) is 34.5 Å². The maximum atomic E-state index is 14.2. The highest BCUT2D eigenvalue weighted by atomic mass is 16.5. The Labute approximate surface area is 230 Å². The van der Waals surface area contributed by atoms with Crippen LogP contribution < -0.4 is 9.64 Å². The molecule has 0 radical (unpaired) electrons. The van der Waals surface area contributed by atoms with Crippen molar-refractivity contribution in [3.05, 3.63) is 94.0 Å². The van der Waals surface area contributed by atoms with Crippen LogP contribution in [0.4, 0.5) is 5.69 Å². The molecule has 5 nitrogen and oxygen atoms in total. The lowest BCUT2D eigenvalue weighted by molar-refractivity contribution is -0.132. The average Bonchev–Trinajstić information content (AvgIpc) is 3.13. The van der Waals surface area contributed by atoms with Crippen LogP contribution in [0.3, 0.4) is 0 Å². The Morgan fingerprint density at radius 1 is 0.667 bits per heavy atom. The van der Waals surface area contributed by atoms with Gasteiger partial charge in [0, 0.05) is 18.8 Å². The lowest BCUT2D eigenvalue weighted by Crippen LogP contribution is -2.42. The number of rotatable bonds is 2. The molecule has 7 rings (SSSR count). The molecule has 1 aliphatic heterocycles. The van der Waals surface area contributed by atoms with Crippen molar-refractivity contribution in [2.24, 2.45) is 11.8 Å². The molecule has 200 valence electrons. The van der Waals surface area contributed by atoms with E-state index >= 15 is 0 Å². The summed E-state index contributed by atoms with van der Waals surface area (Å²) in [6.07, 6.45) is 0. The normalized spacial score (nSPS) is 23.4. The van der Waals surface area contributed by atoms with E-state index in [0.717, 1.165) is 0 Å². The number of hydrogen-bond donors (Lipinski definition) is 0. The summed E-state index contributed by atoms with van der Waals surface area (Å²) in [7, 11) is 0. The van der Waals surface area contributed by atoms with Crippen molar-refractivity contribution in [3.8, 4) is 5.75 Å². The predicted octanol–water partition coefficient (Wildman–Crippen LogP) is 6.60. The third-order valence-electron chi connectivity index (χ3n) is 8.72. The number of ether oxygens (including phenoxy) is 1. The number of carbonyl (C=O) groups is 3. The Morgan fingerprint density at radius 2 is 1.10 bits per heavy atom. The molecule has 3 aliphatic carbocycles. The van der Waals surface area contributed by atoms with Crippen molar-refractivity contribution in [2.75, 3.05) is 4.90 Å². The summed E-state index contributed by atoms with van der Waals surface area (Å²) in [5, 5.41) is 0. The lowest BCUT2D eigenvalue weighted by Gasteiger charge is -2.47. The molecule has 1 saturated heterocycles. The molecule has 1 fully saturated rings. The molecule has 2 bridgehead atoms. The summed E-state index contributed by atoms with van der Waals surface area (Å²) in [5.41, 5.74) is 7.59. The molecule has 39 heavy (non-hydrogen) atoms. The van der Waals surface area contributed by atoms with Crippen molar-refractivity contribution < 1.29 is 19.1 Å². The zero-order valence-electron chi connectivity index (χ0n) is 23.7. The third-order valence-corrected chi connectivity index (χ3v) is 8.72. The fraction of sp³-hybridized carbons (Fsp3) is 0.382. The van der Waals surface area contributed by atoms with Gasteiger partial charge in [-0.3, -0.25) is 14.4 Å². The van der Waals surface area contributed by atoms with Gasteiger partial charge in [0.25, 0.3) is 0 Å². The monoisotopic (exact) mass is 521 g/mol. The van der Waals surface area contributed by atoms with Crippen LogP contribution >= 0.6 is 0 Å². The maximum Gasteiger partial charge on any atom is 0.308 e. The largest absolute Gasteiger partial charge is 0.427 e. The zero-order chi connectivity index (χ0) is 28.0. The number of benzene rings is 3. The topological polar surface area (TPSA) is 63.7 Å². The van der Waals surface area contributed by atoms with Crippen molar-refractivity contribution in [3.63, 3.8) is 0 Å². The Hall–Kier alpha value is -3.73. The van der Waals surface area contributed by atoms with Gasteiger partial charge in [-0.05, 0) is 68.5 Å². The van der Waals surface area contributed by atoms with Crippen molar-refractivity contribution in [2.45, 2.75) is 71.1 Å². The second-order valence-corrected chi connectivity index (χ2v) is 13.3. The van der Waals surface area contributed by atoms with E-state index in [9.17, 15) is 14.4 Å². The second kappa shape index (κ2) is 8.38. The molecule has 0 spiro atoms. The average molecular weight is 522 g/mol. The van der Waals surface area contributed by atoms with Gasteiger partial charge in [-0.2, -0.15) is 0 Å². The van der Waals surface area contributed by atoms with Crippen LogP contribution in [0.5, 0.6) is 5.75 Å². The van der Waals surface area contributed by atoms with E-state index in [4.69, 9.17) is 4.74 Å². The summed E-state index contributed by atoms with van der Waals surface area (Å²) in [6, 6.07) is 20.0. The minimum absolute atomic E-state index is 0.0325. The van der Waals surface area contributed by atoms with Gasteiger partial charge in [0.2, 0.25) is 11.8 Å². The van der Waals surface area contributed by atoms with Gasteiger partial charge in [0.05, 0.1) is 17.5 Å². The summed E-state index contributed by atoms with van der Waals surface area (Å²) >= 11 is 0. The lowest BCUT2D eigenvalue weighted by atomic mass is 9.54. The van der Waals surface area contributed by atoms with E-state index in [2.05, 4.69) is 77.9 Å². The van der Waals surface area contributed by atoms with Gasteiger partial charge in [-0.1, -0.05) is 77.9 Å². The summed E-state index contributed by atoms with van der Waals surface area (Å²) in [6.45, 7) is 14.6. The van der Waals surface area contributed by atoms with Gasteiger partial charge in [0.1, 0.15) is 5.75 Å². The quantitative estimate of drug-likeness (QED) is 0.216. The maximum absolute atomic E-state index is 14.2. The summed E-state index contributed by atoms with van der Waals surface area (Å²) in [5.74, 6) is -1.61. The first-order chi connectivity index (χ1) is 18.3. The molecule has 0 unspecified atom stereocenters. The molecule has 0 N–H and O–H groups in total. The van der Waals surface area contributed by atoms with Crippen LogP contribution in [-0.2, 0) is 25.2 Å². The van der Waals surface area contributed by atoms with Crippen LogP contribution in [0.25, 0.3) is 0 Å². The number of carbonyl (C=O) groups excluding carboxylic acids is 3. The third kappa shape index (κ3) is 3.85. The fourth-order valence-corrected chi connectivity index (χ4v) is 6.79. The number of imide groups is 1. The molecule has 0 saturated carbocycles. The van der Waals surface area contributed by atoms with Gasteiger partial charge >= 0.3 is 5.97 Å². The molecule has 3 aromatic carbocycles. The van der Waals surface area contributed by atoms with E-state index in [0.29, 0.717) is 11.4 Å². The van der Waals surface area contributed by atoms with E-state index in [1.54, 1.807) is 24.3 Å². The van der Waals surface area contributed by atoms with Crippen LogP contribution in [0.1, 0.15) is 93.7 Å². The molecule has 5 heteroatoms. The molecule has 0 aromatic heterocycles. The van der Waals surface area contributed by atoms with Crippen molar-refractivity contribution in [1.29, 1.82) is 0 Å². The smallest absolute Gasteiger partial charge is 0.308 e. The first-order valence-electron chi connectivity index (χ1n) is 13.7. The van der Waals surface area contributed by atoms with Crippen molar-refractivity contribution in [1.82, 2.24) is 0 Å². The number of nitrogens with zero attached hydrogens (tertiary/aromatic N) is 1.